The molecule has 5 heteroatoms. The van der Waals surface area contributed by atoms with E-state index in [9.17, 15) is 8.42 Å². The lowest BCUT2D eigenvalue weighted by Gasteiger charge is -2.08. The molecule has 1 aliphatic rings. The van der Waals surface area contributed by atoms with Gasteiger partial charge >= 0.3 is 0 Å². The van der Waals surface area contributed by atoms with Gasteiger partial charge in [-0.1, -0.05) is 58.3 Å². The average Bonchev–Trinajstić information content (AvgIpc) is 2.47. The Balaban J connectivity index is 0.000000547. The van der Waals surface area contributed by atoms with Gasteiger partial charge in [0.1, 0.15) is 0 Å². The highest BCUT2D eigenvalue weighted by Gasteiger charge is 2.00. The van der Waals surface area contributed by atoms with Gasteiger partial charge in [0.25, 0.3) is 10.1 Å². The van der Waals surface area contributed by atoms with Crippen LogP contribution in [0.15, 0.2) is 0 Å². The third kappa shape index (κ3) is 19.9. The van der Waals surface area contributed by atoms with E-state index in [2.05, 4.69) is 16.4 Å². The molecule has 0 radical (unpaired) electrons. The number of hydrogen-bond acceptors (Lipinski definition) is 4. The molecule has 0 saturated carbocycles. The van der Waals surface area contributed by atoms with Crippen LogP contribution in [0.4, 0.5) is 0 Å². The third-order valence-corrected chi connectivity index (χ3v) is 4.10. The lowest BCUT2D eigenvalue weighted by Crippen LogP contribution is -2.21. The summed E-state index contributed by atoms with van der Waals surface area (Å²) in [5, 5.41) is 3.28. The summed E-state index contributed by atoms with van der Waals surface area (Å²) < 4.78 is 25.9. The highest BCUT2D eigenvalue weighted by atomic mass is 32.2. The standard InChI is InChI=1S/C11H24O3S.C5H11N/c1-3-4-5-6-7-8-9-10-11-14-15(2,12)13;1-2-4-6-5-3-1/h3-11H2,1-2H3;6H,1-5H2. The highest BCUT2D eigenvalue weighted by Crippen LogP contribution is 2.08. The molecule has 0 amide bonds. The molecule has 1 saturated heterocycles. The molecule has 0 aliphatic carbocycles. The molecule has 0 aromatic heterocycles. The van der Waals surface area contributed by atoms with E-state index < -0.39 is 10.1 Å². The van der Waals surface area contributed by atoms with Crippen molar-refractivity contribution in [3.63, 3.8) is 0 Å². The monoisotopic (exact) mass is 321 g/mol. The van der Waals surface area contributed by atoms with Crippen LogP contribution in [0, 0.1) is 0 Å². The topological polar surface area (TPSA) is 55.4 Å². The van der Waals surface area contributed by atoms with Crippen molar-refractivity contribution in [2.75, 3.05) is 26.0 Å². The van der Waals surface area contributed by atoms with E-state index in [0.717, 1.165) is 19.1 Å². The molecular weight excluding hydrogens is 286 g/mol. The smallest absolute Gasteiger partial charge is 0.264 e. The summed E-state index contributed by atoms with van der Waals surface area (Å²) in [5.41, 5.74) is 0. The van der Waals surface area contributed by atoms with Gasteiger partial charge in [0.15, 0.2) is 0 Å². The Bertz CT molecular complexity index is 289. The molecule has 0 atom stereocenters. The summed E-state index contributed by atoms with van der Waals surface area (Å²) in [5.74, 6) is 0. The SMILES string of the molecule is C1CCNCC1.CCCCCCCCCCOS(C)(=O)=O. The molecule has 0 aromatic rings. The summed E-state index contributed by atoms with van der Waals surface area (Å²) in [4.78, 5) is 0. The van der Waals surface area contributed by atoms with Crippen LogP contribution >= 0.6 is 0 Å². The summed E-state index contributed by atoms with van der Waals surface area (Å²) in [6.07, 6.45) is 14.9. The van der Waals surface area contributed by atoms with E-state index in [1.54, 1.807) is 0 Å². The van der Waals surface area contributed by atoms with Crippen molar-refractivity contribution in [3.05, 3.63) is 0 Å². The number of unbranched alkanes of at least 4 members (excludes halogenated alkanes) is 7. The number of nitrogens with one attached hydrogen (secondary N) is 1. The van der Waals surface area contributed by atoms with Gasteiger partial charge < -0.3 is 5.32 Å². The summed E-state index contributed by atoms with van der Waals surface area (Å²) in [6.45, 7) is 5.05. The van der Waals surface area contributed by atoms with Crippen molar-refractivity contribution in [2.24, 2.45) is 0 Å². The lowest BCUT2D eigenvalue weighted by molar-refractivity contribution is 0.309. The molecule has 1 N–H and O–H groups in total. The van der Waals surface area contributed by atoms with Crippen molar-refractivity contribution in [3.8, 4) is 0 Å². The highest BCUT2D eigenvalue weighted by molar-refractivity contribution is 7.85. The van der Waals surface area contributed by atoms with Crippen LogP contribution < -0.4 is 5.32 Å². The Hall–Kier alpha value is -0.130. The fraction of sp³-hybridized carbons (Fsp3) is 1.00. The number of hydrogen-bond donors (Lipinski definition) is 1. The zero-order valence-corrected chi connectivity index (χ0v) is 14.8. The maximum Gasteiger partial charge on any atom is 0.264 e. The molecule has 0 spiro atoms. The van der Waals surface area contributed by atoms with Gasteiger partial charge in [-0.25, -0.2) is 0 Å². The van der Waals surface area contributed by atoms with Crippen LogP contribution in [-0.2, 0) is 14.3 Å². The van der Waals surface area contributed by atoms with Gasteiger partial charge in [-0.2, -0.15) is 8.42 Å². The third-order valence-electron chi connectivity index (χ3n) is 3.50. The van der Waals surface area contributed by atoms with Crippen molar-refractivity contribution in [1.29, 1.82) is 0 Å². The number of rotatable bonds is 10. The first-order valence-corrected chi connectivity index (χ1v) is 10.4. The molecular formula is C16H35NO3S. The normalized spacial score (nSPS) is 15.3. The molecule has 21 heavy (non-hydrogen) atoms. The summed E-state index contributed by atoms with van der Waals surface area (Å²) in [6, 6.07) is 0. The molecule has 1 heterocycles. The van der Waals surface area contributed by atoms with E-state index in [1.807, 2.05) is 0 Å². The Morgan fingerprint density at radius 2 is 1.38 bits per heavy atom. The second kappa shape index (κ2) is 14.8. The summed E-state index contributed by atoms with van der Waals surface area (Å²) >= 11 is 0. The van der Waals surface area contributed by atoms with Gasteiger partial charge in [0.05, 0.1) is 12.9 Å². The minimum Gasteiger partial charge on any atom is -0.317 e. The molecule has 0 bridgehead atoms. The minimum atomic E-state index is -3.23. The van der Waals surface area contributed by atoms with Crippen LogP contribution in [0.25, 0.3) is 0 Å². The molecule has 0 unspecified atom stereocenters. The number of piperidine rings is 1. The molecule has 1 rings (SSSR count). The first-order chi connectivity index (χ1) is 10.1. The van der Waals surface area contributed by atoms with E-state index in [4.69, 9.17) is 0 Å². The largest absolute Gasteiger partial charge is 0.317 e. The van der Waals surface area contributed by atoms with Crippen molar-refractivity contribution >= 4 is 10.1 Å². The van der Waals surface area contributed by atoms with E-state index in [0.29, 0.717) is 6.61 Å². The molecule has 1 aliphatic heterocycles. The van der Waals surface area contributed by atoms with Crippen LogP contribution in [0.2, 0.25) is 0 Å². The van der Waals surface area contributed by atoms with Crippen LogP contribution in [-0.4, -0.2) is 34.4 Å². The zero-order valence-electron chi connectivity index (χ0n) is 14.0. The molecule has 128 valence electrons. The quantitative estimate of drug-likeness (QED) is 0.490. The van der Waals surface area contributed by atoms with Gasteiger partial charge in [-0.15, -0.1) is 0 Å². The maximum absolute atomic E-state index is 10.6. The fourth-order valence-corrected chi connectivity index (χ4v) is 2.67. The van der Waals surface area contributed by atoms with Crippen LogP contribution in [0.3, 0.4) is 0 Å². The minimum absolute atomic E-state index is 0.341. The second-order valence-electron chi connectivity index (χ2n) is 5.81. The predicted octanol–water partition coefficient (Wildman–Crippen LogP) is 3.86. The second-order valence-corrected chi connectivity index (χ2v) is 7.46. The van der Waals surface area contributed by atoms with E-state index in [1.165, 1.54) is 70.9 Å². The van der Waals surface area contributed by atoms with Gasteiger partial charge in [0, 0.05) is 0 Å². The van der Waals surface area contributed by atoms with Crippen molar-refractivity contribution in [2.45, 2.75) is 77.6 Å². The molecule has 0 aromatic carbocycles. The van der Waals surface area contributed by atoms with Gasteiger partial charge in [0.2, 0.25) is 0 Å². The first kappa shape index (κ1) is 20.9. The van der Waals surface area contributed by atoms with Crippen LogP contribution in [0.5, 0.6) is 0 Å². The maximum atomic E-state index is 10.6. The van der Waals surface area contributed by atoms with Crippen molar-refractivity contribution < 1.29 is 12.6 Å². The van der Waals surface area contributed by atoms with Gasteiger partial charge in [-0.3, -0.25) is 4.18 Å². The van der Waals surface area contributed by atoms with Gasteiger partial charge in [-0.05, 0) is 32.4 Å². The van der Waals surface area contributed by atoms with Crippen LogP contribution in [0.1, 0.15) is 77.6 Å². The Morgan fingerprint density at radius 3 is 1.76 bits per heavy atom. The Morgan fingerprint density at radius 1 is 0.857 bits per heavy atom. The zero-order chi connectivity index (χ0) is 15.8. The first-order valence-electron chi connectivity index (χ1n) is 8.61. The van der Waals surface area contributed by atoms with E-state index >= 15 is 0 Å². The molecule has 1 fully saturated rings. The Kier molecular flexibility index (Phi) is 14.7. The van der Waals surface area contributed by atoms with E-state index in [-0.39, 0.29) is 0 Å². The predicted molar refractivity (Wildman–Crippen MR) is 90.1 cm³/mol. The summed E-state index contributed by atoms with van der Waals surface area (Å²) in [7, 11) is -3.23. The molecule has 4 nitrogen and oxygen atoms in total. The fourth-order valence-electron chi connectivity index (χ4n) is 2.25. The Labute approximate surface area is 132 Å². The lowest BCUT2D eigenvalue weighted by atomic mass is 10.1. The van der Waals surface area contributed by atoms with Crippen molar-refractivity contribution in [1.82, 2.24) is 5.32 Å². The average molecular weight is 322 g/mol.